The van der Waals surface area contributed by atoms with Crippen LogP contribution < -0.4 is 5.32 Å². The molecule has 0 radical (unpaired) electrons. The minimum absolute atomic E-state index is 0.0179. The van der Waals surface area contributed by atoms with Crippen LogP contribution in [0.15, 0.2) is 28.9 Å². The van der Waals surface area contributed by atoms with Gasteiger partial charge in [-0.05, 0) is 43.6 Å². The fraction of sp³-hybridized carbons (Fsp3) is 0.231. The van der Waals surface area contributed by atoms with Crippen molar-refractivity contribution in [3.8, 4) is 0 Å². The van der Waals surface area contributed by atoms with Gasteiger partial charge in [0.2, 0.25) is 5.28 Å². The Kier molecular flexibility index (Phi) is 3.16. The molecule has 1 unspecified atom stereocenters. The van der Waals surface area contributed by atoms with Crippen molar-refractivity contribution in [3.05, 3.63) is 40.4 Å². The quantitative estimate of drug-likeness (QED) is 0.726. The Bertz CT molecular complexity index is 708. The lowest BCUT2D eigenvalue weighted by molar-refractivity contribution is 0.490. The first-order valence-electron chi connectivity index (χ1n) is 5.87. The van der Waals surface area contributed by atoms with Gasteiger partial charge in [-0.2, -0.15) is 0 Å². The number of furan rings is 1. The van der Waals surface area contributed by atoms with Crippen molar-refractivity contribution >= 4 is 39.0 Å². The van der Waals surface area contributed by atoms with Gasteiger partial charge in [0.05, 0.1) is 17.7 Å². The third-order valence-electron chi connectivity index (χ3n) is 2.81. The maximum Gasteiger partial charge on any atom is 0.225 e. The number of fused-ring (bicyclic) bond motifs is 1. The zero-order valence-corrected chi connectivity index (χ0v) is 12.0. The van der Waals surface area contributed by atoms with E-state index in [0.29, 0.717) is 0 Å². The van der Waals surface area contributed by atoms with Crippen LogP contribution in [0.5, 0.6) is 0 Å². The van der Waals surface area contributed by atoms with Gasteiger partial charge < -0.3 is 9.73 Å². The van der Waals surface area contributed by atoms with Crippen molar-refractivity contribution in [3.63, 3.8) is 0 Å². The van der Waals surface area contributed by atoms with Crippen molar-refractivity contribution in [2.75, 3.05) is 5.32 Å². The minimum atomic E-state index is 0.0179. The van der Waals surface area contributed by atoms with E-state index in [4.69, 9.17) is 16.0 Å². The third-order valence-corrected chi connectivity index (χ3v) is 3.93. The van der Waals surface area contributed by atoms with Gasteiger partial charge in [0.15, 0.2) is 0 Å². The molecule has 0 spiro atoms. The van der Waals surface area contributed by atoms with E-state index in [-0.39, 0.29) is 11.3 Å². The largest absolute Gasteiger partial charge is 0.467 e. The molecule has 3 aromatic heterocycles. The summed E-state index contributed by atoms with van der Waals surface area (Å²) in [5, 5.41) is 4.56. The van der Waals surface area contributed by atoms with Crippen molar-refractivity contribution in [1.82, 2.24) is 9.97 Å². The summed E-state index contributed by atoms with van der Waals surface area (Å²) in [5.41, 5.74) is 0. The van der Waals surface area contributed by atoms with Gasteiger partial charge in [-0.15, -0.1) is 11.3 Å². The molecule has 3 rings (SSSR count). The molecule has 1 N–H and O–H groups in total. The van der Waals surface area contributed by atoms with E-state index in [0.717, 1.165) is 21.8 Å². The molecule has 19 heavy (non-hydrogen) atoms. The maximum absolute atomic E-state index is 5.96. The zero-order chi connectivity index (χ0) is 13.4. The number of rotatable bonds is 3. The van der Waals surface area contributed by atoms with Crippen molar-refractivity contribution in [1.29, 1.82) is 0 Å². The first-order chi connectivity index (χ1) is 9.13. The van der Waals surface area contributed by atoms with Crippen LogP contribution in [0.3, 0.4) is 0 Å². The van der Waals surface area contributed by atoms with Crippen molar-refractivity contribution in [2.45, 2.75) is 19.9 Å². The van der Waals surface area contributed by atoms with Gasteiger partial charge in [0.1, 0.15) is 16.4 Å². The highest BCUT2D eigenvalue weighted by molar-refractivity contribution is 7.18. The van der Waals surface area contributed by atoms with E-state index in [1.807, 2.05) is 26.0 Å². The maximum atomic E-state index is 5.96. The van der Waals surface area contributed by atoms with Crippen LogP contribution in [0, 0.1) is 6.92 Å². The van der Waals surface area contributed by atoms with Gasteiger partial charge in [-0.25, -0.2) is 9.97 Å². The molecule has 0 fully saturated rings. The van der Waals surface area contributed by atoms with Gasteiger partial charge in [0.25, 0.3) is 0 Å². The molecule has 0 saturated heterocycles. The predicted molar refractivity (Wildman–Crippen MR) is 77.9 cm³/mol. The van der Waals surface area contributed by atoms with E-state index in [1.165, 1.54) is 4.88 Å². The molecule has 1 atom stereocenters. The number of aryl methyl sites for hydroxylation is 1. The Balaban J connectivity index is 2.00. The first kappa shape index (κ1) is 12.4. The monoisotopic (exact) mass is 293 g/mol. The van der Waals surface area contributed by atoms with Crippen LogP contribution in [0.1, 0.15) is 23.6 Å². The molecule has 0 saturated carbocycles. The number of aromatic nitrogens is 2. The van der Waals surface area contributed by atoms with Crippen LogP contribution in [0.25, 0.3) is 10.2 Å². The van der Waals surface area contributed by atoms with Crippen LogP contribution in [0.4, 0.5) is 5.82 Å². The molecule has 0 amide bonds. The van der Waals surface area contributed by atoms with Crippen LogP contribution >= 0.6 is 22.9 Å². The molecule has 6 heteroatoms. The first-order valence-corrected chi connectivity index (χ1v) is 7.06. The average molecular weight is 294 g/mol. The summed E-state index contributed by atoms with van der Waals surface area (Å²) in [7, 11) is 0. The topological polar surface area (TPSA) is 51.0 Å². The number of thiophene rings is 1. The van der Waals surface area contributed by atoms with E-state index in [9.17, 15) is 0 Å². The van der Waals surface area contributed by atoms with Gasteiger partial charge in [-0.1, -0.05) is 0 Å². The molecule has 0 aliphatic rings. The number of nitrogens with zero attached hydrogens (tertiary/aromatic N) is 2. The summed E-state index contributed by atoms with van der Waals surface area (Å²) in [6.07, 6.45) is 1.66. The highest BCUT2D eigenvalue weighted by Gasteiger charge is 2.14. The molecule has 3 heterocycles. The molecule has 98 valence electrons. The smallest absolute Gasteiger partial charge is 0.225 e. The van der Waals surface area contributed by atoms with E-state index < -0.39 is 0 Å². The standard InChI is InChI=1S/C13H12ClN3OS/c1-7-6-9-11(16-13(14)17-12(9)19-7)15-8(2)10-4-3-5-18-10/h3-6,8H,1-2H3,(H,15,16,17). The zero-order valence-electron chi connectivity index (χ0n) is 10.5. The molecule has 3 aromatic rings. The minimum Gasteiger partial charge on any atom is -0.467 e. The normalized spacial score (nSPS) is 12.8. The summed E-state index contributed by atoms with van der Waals surface area (Å²) in [4.78, 5) is 10.6. The number of hydrogen-bond acceptors (Lipinski definition) is 5. The number of halogens is 1. The molecule has 0 aliphatic carbocycles. The fourth-order valence-corrected chi connectivity index (χ4v) is 3.04. The summed E-state index contributed by atoms with van der Waals surface area (Å²) in [5.74, 6) is 1.60. The SMILES string of the molecule is Cc1cc2c(NC(C)c3ccco3)nc(Cl)nc2s1. The summed E-state index contributed by atoms with van der Waals surface area (Å²) in [6, 6.07) is 5.87. The van der Waals surface area contributed by atoms with Crippen LogP contribution in [0.2, 0.25) is 5.28 Å². The Morgan fingerprint density at radius 1 is 1.42 bits per heavy atom. The molecule has 0 aliphatic heterocycles. The van der Waals surface area contributed by atoms with E-state index >= 15 is 0 Å². The van der Waals surface area contributed by atoms with Crippen molar-refractivity contribution < 1.29 is 4.42 Å². The molecular formula is C13H12ClN3OS. The third kappa shape index (κ3) is 2.43. The fourth-order valence-electron chi connectivity index (χ4n) is 1.94. The Labute approximate surface area is 119 Å². The lowest BCUT2D eigenvalue weighted by atomic mass is 10.2. The Morgan fingerprint density at radius 2 is 2.26 bits per heavy atom. The molecule has 0 bridgehead atoms. The second-order valence-electron chi connectivity index (χ2n) is 4.30. The summed E-state index contributed by atoms with van der Waals surface area (Å²) < 4.78 is 5.38. The molecule has 0 aromatic carbocycles. The highest BCUT2D eigenvalue weighted by atomic mass is 35.5. The summed E-state index contributed by atoms with van der Waals surface area (Å²) >= 11 is 7.57. The Morgan fingerprint density at radius 3 is 3.00 bits per heavy atom. The Hall–Kier alpha value is -1.59. The van der Waals surface area contributed by atoms with Crippen LogP contribution in [-0.4, -0.2) is 9.97 Å². The van der Waals surface area contributed by atoms with E-state index in [1.54, 1.807) is 17.6 Å². The molecule has 4 nitrogen and oxygen atoms in total. The second kappa shape index (κ2) is 4.83. The lowest BCUT2D eigenvalue weighted by Gasteiger charge is -2.12. The predicted octanol–water partition coefficient (Wildman–Crippen LogP) is 4.42. The molecular weight excluding hydrogens is 282 g/mol. The second-order valence-corrected chi connectivity index (χ2v) is 5.87. The summed E-state index contributed by atoms with van der Waals surface area (Å²) in [6.45, 7) is 4.06. The lowest BCUT2D eigenvalue weighted by Crippen LogP contribution is -2.07. The van der Waals surface area contributed by atoms with E-state index in [2.05, 4.69) is 21.4 Å². The van der Waals surface area contributed by atoms with Crippen molar-refractivity contribution in [2.24, 2.45) is 0 Å². The van der Waals surface area contributed by atoms with Crippen LogP contribution in [-0.2, 0) is 0 Å². The van der Waals surface area contributed by atoms with Gasteiger partial charge in [0, 0.05) is 4.88 Å². The average Bonchev–Trinajstić information content (AvgIpc) is 2.96. The number of hydrogen-bond donors (Lipinski definition) is 1. The van der Waals surface area contributed by atoms with Gasteiger partial charge >= 0.3 is 0 Å². The highest BCUT2D eigenvalue weighted by Crippen LogP contribution is 2.31. The van der Waals surface area contributed by atoms with Gasteiger partial charge in [-0.3, -0.25) is 0 Å². The number of nitrogens with one attached hydrogen (secondary N) is 1. The number of anilines is 1.